The molecule has 0 spiro atoms. The molecule has 1 saturated heterocycles. The van der Waals surface area contributed by atoms with Crippen LogP contribution in [-0.2, 0) is 0 Å². The van der Waals surface area contributed by atoms with Gasteiger partial charge in [-0.05, 0) is 50.2 Å². The number of hydrogen-bond donors (Lipinski definition) is 1. The van der Waals surface area contributed by atoms with Crippen LogP contribution in [0.2, 0.25) is 0 Å². The zero-order valence-corrected chi connectivity index (χ0v) is 17.1. The van der Waals surface area contributed by atoms with Gasteiger partial charge in [-0.15, -0.1) is 0 Å². The first-order valence-electron chi connectivity index (χ1n) is 10.1. The van der Waals surface area contributed by atoms with Crippen LogP contribution in [0.15, 0.2) is 65.2 Å². The summed E-state index contributed by atoms with van der Waals surface area (Å²) < 4.78 is 6.28. The Morgan fingerprint density at radius 2 is 1.90 bits per heavy atom. The number of benzene rings is 1. The molecule has 2 aromatic heterocycles. The predicted molar refractivity (Wildman–Crippen MR) is 120 cm³/mol. The minimum Gasteiger partial charge on any atom is -0.455 e. The van der Waals surface area contributed by atoms with Gasteiger partial charge in [0, 0.05) is 65.7 Å². The maximum absolute atomic E-state index is 6.28. The summed E-state index contributed by atoms with van der Waals surface area (Å²) in [5.41, 5.74) is 6.11. The molecule has 0 radical (unpaired) electrons. The van der Waals surface area contributed by atoms with Gasteiger partial charge in [0.25, 0.3) is 0 Å². The molecule has 0 saturated carbocycles. The minimum absolute atomic E-state index is 0.787. The van der Waals surface area contributed by atoms with Crippen LogP contribution in [0.3, 0.4) is 0 Å². The molecule has 4 nitrogen and oxygen atoms in total. The lowest BCUT2D eigenvalue weighted by molar-refractivity contribution is 0.543. The lowest BCUT2D eigenvalue weighted by atomic mass is 10.1. The average Bonchev–Trinajstić information content (AvgIpc) is 3.15. The van der Waals surface area contributed by atoms with Crippen LogP contribution in [0.4, 0.5) is 5.69 Å². The van der Waals surface area contributed by atoms with E-state index in [0.29, 0.717) is 0 Å². The van der Waals surface area contributed by atoms with Crippen LogP contribution in [0, 0.1) is 6.92 Å². The van der Waals surface area contributed by atoms with Gasteiger partial charge in [-0.2, -0.15) is 0 Å². The third kappa shape index (κ3) is 4.17. The second-order valence-electron chi connectivity index (χ2n) is 7.35. The normalized spacial score (nSPS) is 15.7. The quantitative estimate of drug-likeness (QED) is 0.749. The summed E-state index contributed by atoms with van der Waals surface area (Å²) >= 11 is 0. The van der Waals surface area contributed by atoms with Gasteiger partial charge in [-0.1, -0.05) is 24.8 Å². The van der Waals surface area contributed by atoms with Crippen molar-refractivity contribution in [3.8, 4) is 11.3 Å². The fourth-order valence-corrected chi connectivity index (χ4v) is 3.66. The lowest BCUT2D eigenvalue weighted by Gasteiger charge is -2.29. The zero-order chi connectivity index (χ0) is 20.2. The topological polar surface area (TPSA) is 41.3 Å². The number of piperazine rings is 1. The summed E-state index contributed by atoms with van der Waals surface area (Å²) in [6, 6.07) is 14.7. The number of nitrogens with one attached hydrogen (secondary N) is 1. The van der Waals surface area contributed by atoms with E-state index in [0.717, 1.165) is 65.0 Å². The maximum Gasteiger partial charge on any atom is 0.142 e. The summed E-state index contributed by atoms with van der Waals surface area (Å²) in [4.78, 5) is 6.84. The molecule has 1 N–H and O–H groups in total. The van der Waals surface area contributed by atoms with Crippen molar-refractivity contribution in [3.63, 3.8) is 0 Å². The minimum atomic E-state index is 0.787. The van der Waals surface area contributed by atoms with Crippen LogP contribution >= 0.6 is 0 Å². The van der Waals surface area contributed by atoms with Crippen molar-refractivity contribution in [2.24, 2.45) is 0 Å². The van der Waals surface area contributed by atoms with Crippen molar-refractivity contribution in [1.29, 1.82) is 0 Å². The first kappa shape index (κ1) is 19.2. The van der Waals surface area contributed by atoms with Gasteiger partial charge in [-0.3, -0.25) is 4.98 Å². The standard InChI is InChI=1S/C25H27N3O/c1-4-5-23(21-7-6-19(3)27-17-21)25-18(2)16-24(29-25)20-8-10-22(11-9-20)28-14-12-26-13-15-28/h4-11,16-17,26H,2,12-15H2,1,3H3/b5-4-,25-23-. The molecule has 0 amide bonds. The summed E-state index contributed by atoms with van der Waals surface area (Å²) in [7, 11) is 0. The van der Waals surface area contributed by atoms with Crippen molar-refractivity contribution >= 4 is 17.8 Å². The fourth-order valence-electron chi connectivity index (χ4n) is 3.66. The Balaban J connectivity index is 1.72. The van der Waals surface area contributed by atoms with E-state index in [1.54, 1.807) is 0 Å². The van der Waals surface area contributed by atoms with Gasteiger partial charge in [0.2, 0.25) is 0 Å². The first-order valence-corrected chi connectivity index (χ1v) is 10.1. The Bertz CT molecular complexity index is 1100. The molecule has 148 valence electrons. The van der Waals surface area contributed by atoms with Gasteiger partial charge >= 0.3 is 0 Å². The third-order valence-electron chi connectivity index (χ3n) is 5.24. The number of anilines is 1. The number of hydrogen-bond acceptors (Lipinski definition) is 4. The molecule has 3 heterocycles. The number of nitrogens with zero attached hydrogens (tertiary/aromatic N) is 2. The third-order valence-corrected chi connectivity index (χ3v) is 5.24. The van der Waals surface area contributed by atoms with E-state index in [1.807, 2.05) is 38.3 Å². The van der Waals surface area contributed by atoms with E-state index in [4.69, 9.17) is 4.42 Å². The van der Waals surface area contributed by atoms with Crippen LogP contribution in [-0.4, -0.2) is 31.2 Å². The molecule has 3 aromatic rings. The first-order chi connectivity index (χ1) is 14.2. The van der Waals surface area contributed by atoms with Crippen LogP contribution in [0.1, 0.15) is 18.2 Å². The Morgan fingerprint density at radius 1 is 1.14 bits per heavy atom. The molecule has 0 atom stereocenters. The Kier molecular flexibility index (Phi) is 5.63. The van der Waals surface area contributed by atoms with Crippen LogP contribution < -0.4 is 20.9 Å². The molecule has 4 heteroatoms. The van der Waals surface area contributed by atoms with E-state index in [-0.39, 0.29) is 0 Å². The Morgan fingerprint density at radius 3 is 2.55 bits per heavy atom. The molecule has 0 unspecified atom stereocenters. The smallest absolute Gasteiger partial charge is 0.142 e. The van der Waals surface area contributed by atoms with E-state index in [9.17, 15) is 0 Å². The summed E-state index contributed by atoms with van der Waals surface area (Å²) in [5, 5.41) is 4.27. The molecular weight excluding hydrogens is 358 g/mol. The predicted octanol–water partition coefficient (Wildman–Crippen LogP) is 3.25. The fraction of sp³-hybridized carbons (Fsp3) is 0.240. The molecule has 29 heavy (non-hydrogen) atoms. The van der Waals surface area contributed by atoms with Gasteiger partial charge in [0.1, 0.15) is 11.2 Å². The summed E-state index contributed by atoms with van der Waals surface area (Å²) in [6.45, 7) is 12.4. The highest BCUT2D eigenvalue weighted by Gasteiger charge is 2.12. The van der Waals surface area contributed by atoms with Gasteiger partial charge in [0.05, 0.1) is 0 Å². The zero-order valence-electron chi connectivity index (χ0n) is 17.1. The van der Waals surface area contributed by atoms with Crippen molar-refractivity contribution in [2.45, 2.75) is 13.8 Å². The van der Waals surface area contributed by atoms with Crippen molar-refractivity contribution in [1.82, 2.24) is 10.3 Å². The lowest BCUT2D eigenvalue weighted by Crippen LogP contribution is -2.43. The van der Waals surface area contributed by atoms with Crippen LogP contribution in [0.25, 0.3) is 23.5 Å². The van der Waals surface area contributed by atoms with Crippen LogP contribution in [0.5, 0.6) is 0 Å². The number of allylic oxidation sites excluding steroid dienone is 2. The Labute approximate surface area is 171 Å². The molecule has 1 fully saturated rings. The summed E-state index contributed by atoms with van der Waals surface area (Å²) in [6.07, 6.45) is 5.95. The number of pyridine rings is 1. The largest absolute Gasteiger partial charge is 0.455 e. The number of furan rings is 1. The molecule has 1 aromatic carbocycles. The number of rotatable bonds is 4. The van der Waals surface area contributed by atoms with Gasteiger partial charge in [0.15, 0.2) is 0 Å². The van der Waals surface area contributed by atoms with E-state index < -0.39 is 0 Å². The average molecular weight is 386 g/mol. The maximum atomic E-state index is 6.28. The molecule has 4 rings (SSSR count). The van der Waals surface area contributed by atoms with Crippen molar-refractivity contribution < 1.29 is 4.42 Å². The van der Waals surface area contributed by atoms with Crippen molar-refractivity contribution in [3.05, 3.63) is 82.7 Å². The number of aromatic nitrogens is 1. The highest BCUT2D eigenvalue weighted by atomic mass is 16.3. The second-order valence-corrected chi connectivity index (χ2v) is 7.35. The molecule has 0 bridgehead atoms. The molecular formula is C25H27N3O. The van der Waals surface area contributed by atoms with E-state index in [2.05, 4.69) is 58.2 Å². The Hall–Kier alpha value is -3.11. The monoisotopic (exact) mass is 385 g/mol. The van der Waals surface area contributed by atoms with Crippen molar-refractivity contribution in [2.75, 3.05) is 31.1 Å². The molecule has 0 aliphatic carbocycles. The second kappa shape index (κ2) is 8.50. The molecule has 1 aliphatic rings. The van der Waals surface area contributed by atoms with E-state index in [1.165, 1.54) is 5.69 Å². The molecule has 1 aliphatic heterocycles. The van der Waals surface area contributed by atoms with Gasteiger partial charge in [-0.25, -0.2) is 0 Å². The van der Waals surface area contributed by atoms with E-state index >= 15 is 0 Å². The highest BCUT2D eigenvalue weighted by Crippen LogP contribution is 2.23. The van der Waals surface area contributed by atoms with Gasteiger partial charge < -0.3 is 14.6 Å². The summed E-state index contributed by atoms with van der Waals surface area (Å²) in [5.74, 6) is 0.832. The highest BCUT2D eigenvalue weighted by molar-refractivity contribution is 5.73. The SMILES string of the molecule is C=c1cc(-c2ccc(N3CCNCC3)cc2)o/c1=C(/C=C\C)c1ccc(C)nc1. The number of aryl methyl sites for hydroxylation is 1.